The van der Waals surface area contributed by atoms with Crippen LogP contribution in [-0.4, -0.2) is 21.8 Å². The van der Waals surface area contributed by atoms with Crippen molar-refractivity contribution in [3.63, 3.8) is 0 Å². The molecule has 0 bridgehead atoms. The lowest BCUT2D eigenvalue weighted by Crippen LogP contribution is -2.24. The minimum atomic E-state index is -0.281. The van der Waals surface area contributed by atoms with Gasteiger partial charge in [-0.15, -0.1) is 0 Å². The van der Waals surface area contributed by atoms with E-state index in [4.69, 9.17) is 0 Å². The molecule has 0 aliphatic heterocycles. The topological polar surface area (TPSA) is 96.0 Å². The van der Waals surface area contributed by atoms with Gasteiger partial charge in [0.2, 0.25) is 11.9 Å². The summed E-state index contributed by atoms with van der Waals surface area (Å²) in [6, 6.07) is 18.3. The lowest BCUT2D eigenvalue weighted by molar-refractivity contribution is -0.114. The van der Waals surface area contributed by atoms with E-state index >= 15 is 0 Å². The van der Waals surface area contributed by atoms with E-state index in [1.54, 1.807) is 24.3 Å². The summed E-state index contributed by atoms with van der Waals surface area (Å²) in [5.74, 6) is -0.140. The average molecular weight is 361 g/mol. The molecule has 0 saturated heterocycles. The summed E-state index contributed by atoms with van der Waals surface area (Å²) in [7, 11) is 0. The number of anilines is 3. The summed E-state index contributed by atoms with van der Waals surface area (Å²) in [6.07, 6.45) is 1.52. The molecule has 0 fully saturated rings. The number of carbonyl (C=O) groups excluding carboxylic acids is 2. The maximum atomic E-state index is 12.3. The highest BCUT2D eigenvalue weighted by molar-refractivity contribution is 5.92. The van der Waals surface area contributed by atoms with Gasteiger partial charge in [-0.1, -0.05) is 36.4 Å². The van der Waals surface area contributed by atoms with Crippen LogP contribution in [0.1, 0.15) is 23.0 Å². The highest BCUT2D eigenvalue weighted by Gasteiger charge is 2.09. The Morgan fingerprint density at radius 2 is 1.74 bits per heavy atom. The number of nitrogens with one attached hydrogen (secondary N) is 3. The van der Waals surface area contributed by atoms with Crippen molar-refractivity contribution in [2.45, 2.75) is 13.5 Å². The van der Waals surface area contributed by atoms with Gasteiger partial charge in [0, 0.05) is 31.0 Å². The first kappa shape index (κ1) is 18.1. The summed E-state index contributed by atoms with van der Waals surface area (Å²) >= 11 is 0. The van der Waals surface area contributed by atoms with Gasteiger partial charge in [-0.25, -0.2) is 9.97 Å². The molecule has 0 radical (unpaired) electrons. The minimum Gasteiger partial charge on any atom is -0.347 e. The fourth-order valence-electron chi connectivity index (χ4n) is 2.42. The normalized spacial score (nSPS) is 10.1. The molecule has 3 rings (SSSR count). The molecule has 2 amide bonds. The molecule has 0 atom stereocenters. The molecule has 0 spiro atoms. The van der Waals surface area contributed by atoms with Crippen molar-refractivity contribution >= 4 is 29.1 Å². The third kappa shape index (κ3) is 5.37. The van der Waals surface area contributed by atoms with Gasteiger partial charge in [0.25, 0.3) is 5.91 Å². The van der Waals surface area contributed by atoms with E-state index in [0.717, 1.165) is 5.56 Å². The minimum absolute atomic E-state index is 0.152. The highest BCUT2D eigenvalue weighted by Crippen LogP contribution is 2.18. The van der Waals surface area contributed by atoms with Crippen LogP contribution in [0.15, 0.2) is 66.9 Å². The average Bonchev–Trinajstić information content (AvgIpc) is 2.67. The van der Waals surface area contributed by atoms with Crippen LogP contribution in [0, 0.1) is 0 Å². The highest BCUT2D eigenvalue weighted by atomic mass is 16.2. The van der Waals surface area contributed by atoms with Crippen molar-refractivity contribution < 1.29 is 9.59 Å². The van der Waals surface area contributed by atoms with Crippen LogP contribution in [0.5, 0.6) is 0 Å². The first-order valence-electron chi connectivity index (χ1n) is 8.40. The zero-order valence-corrected chi connectivity index (χ0v) is 14.8. The van der Waals surface area contributed by atoms with E-state index in [1.165, 1.54) is 13.1 Å². The van der Waals surface area contributed by atoms with E-state index in [9.17, 15) is 9.59 Å². The lowest BCUT2D eigenvalue weighted by atomic mass is 10.2. The Kier molecular flexibility index (Phi) is 5.73. The monoisotopic (exact) mass is 361 g/mol. The Labute approximate surface area is 156 Å². The molecule has 2 aromatic carbocycles. The number of benzene rings is 2. The van der Waals surface area contributed by atoms with Gasteiger partial charge in [-0.3, -0.25) is 9.59 Å². The van der Waals surface area contributed by atoms with Crippen molar-refractivity contribution in [2.24, 2.45) is 0 Å². The Morgan fingerprint density at radius 1 is 0.963 bits per heavy atom. The van der Waals surface area contributed by atoms with Crippen molar-refractivity contribution in [2.75, 3.05) is 10.6 Å². The molecule has 0 unspecified atom stereocenters. The van der Waals surface area contributed by atoms with E-state index in [2.05, 4.69) is 25.9 Å². The van der Waals surface area contributed by atoms with Crippen molar-refractivity contribution in [1.82, 2.24) is 15.3 Å². The molecule has 0 aliphatic carbocycles. The van der Waals surface area contributed by atoms with Gasteiger partial charge < -0.3 is 16.0 Å². The molecule has 1 aromatic heterocycles. The molecule has 3 N–H and O–H groups in total. The fourth-order valence-corrected chi connectivity index (χ4v) is 2.42. The number of hydrogen-bond acceptors (Lipinski definition) is 5. The molecular formula is C20H19N5O2. The van der Waals surface area contributed by atoms with Gasteiger partial charge in [0.1, 0.15) is 5.69 Å². The van der Waals surface area contributed by atoms with Crippen LogP contribution in [0.3, 0.4) is 0 Å². The van der Waals surface area contributed by atoms with Crippen LogP contribution in [0.25, 0.3) is 0 Å². The second-order valence-corrected chi connectivity index (χ2v) is 5.82. The lowest BCUT2D eigenvalue weighted by Gasteiger charge is -2.09. The fraction of sp³-hybridized carbons (Fsp3) is 0.100. The maximum Gasteiger partial charge on any atom is 0.270 e. The number of aromatic nitrogens is 2. The molecular weight excluding hydrogens is 342 g/mol. The Hall–Kier alpha value is -3.74. The van der Waals surface area contributed by atoms with Crippen molar-refractivity contribution in [3.05, 3.63) is 78.1 Å². The molecule has 7 nitrogen and oxygen atoms in total. The standard InChI is InChI=1S/C20H19N5O2/c1-14(26)23-16-8-5-9-17(12-16)24-20-21-11-10-18(25-20)19(27)22-13-15-6-3-2-4-7-15/h2-12H,13H2,1H3,(H,22,27)(H,23,26)(H,21,24,25). The molecule has 1 heterocycles. The molecule has 136 valence electrons. The first-order valence-corrected chi connectivity index (χ1v) is 8.40. The predicted molar refractivity (Wildman–Crippen MR) is 104 cm³/mol. The number of carbonyl (C=O) groups is 2. The van der Waals surface area contributed by atoms with Crippen LogP contribution in [-0.2, 0) is 11.3 Å². The SMILES string of the molecule is CC(=O)Nc1cccc(Nc2nccc(C(=O)NCc3ccccc3)n2)c1. The van der Waals surface area contributed by atoms with Gasteiger partial charge in [0.05, 0.1) is 0 Å². The van der Waals surface area contributed by atoms with Gasteiger partial charge in [-0.2, -0.15) is 0 Å². The number of hydrogen-bond donors (Lipinski definition) is 3. The van der Waals surface area contributed by atoms with Crippen LogP contribution < -0.4 is 16.0 Å². The second-order valence-electron chi connectivity index (χ2n) is 5.82. The molecule has 0 aliphatic rings. The van der Waals surface area contributed by atoms with E-state index in [1.807, 2.05) is 36.4 Å². The molecule has 3 aromatic rings. The summed E-state index contributed by atoms with van der Waals surface area (Å²) in [4.78, 5) is 31.9. The Bertz CT molecular complexity index is 944. The number of nitrogens with zero attached hydrogens (tertiary/aromatic N) is 2. The Balaban J connectivity index is 1.66. The van der Waals surface area contributed by atoms with E-state index < -0.39 is 0 Å². The Morgan fingerprint density at radius 3 is 2.52 bits per heavy atom. The summed E-state index contributed by atoms with van der Waals surface area (Å²) in [5, 5.41) is 8.57. The van der Waals surface area contributed by atoms with E-state index in [0.29, 0.717) is 23.9 Å². The summed E-state index contributed by atoms with van der Waals surface area (Å²) < 4.78 is 0. The van der Waals surface area contributed by atoms with Gasteiger partial charge >= 0.3 is 0 Å². The maximum absolute atomic E-state index is 12.3. The summed E-state index contributed by atoms with van der Waals surface area (Å²) in [5.41, 5.74) is 2.63. The van der Waals surface area contributed by atoms with Crippen molar-refractivity contribution in [3.8, 4) is 0 Å². The van der Waals surface area contributed by atoms with Crippen LogP contribution in [0.2, 0.25) is 0 Å². The molecule has 27 heavy (non-hydrogen) atoms. The quantitative estimate of drug-likeness (QED) is 0.627. The zero-order valence-electron chi connectivity index (χ0n) is 14.8. The molecule has 0 saturated carbocycles. The largest absolute Gasteiger partial charge is 0.347 e. The summed E-state index contributed by atoms with van der Waals surface area (Å²) in [6.45, 7) is 1.87. The van der Waals surface area contributed by atoms with E-state index in [-0.39, 0.29) is 17.5 Å². The third-order valence-electron chi connectivity index (χ3n) is 3.62. The third-order valence-corrected chi connectivity index (χ3v) is 3.62. The number of amides is 2. The zero-order chi connectivity index (χ0) is 19.1. The first-order chi connectivity index (χ1) is 13.1. The smallest absolute Gasteiger partial charge is 0.270 e. The van der Waals surface area contributed by atoms with Crippen LogP contribution in [0.4, 0.5) is 17.3 Å². The second kappa shape index (κ2) is 8.57. The van der Waals surface area contributed by atoms with Gasteiger partial charge in [-0.05, 0) is 29.8 Å². The van der Waals surface area contributed by atoms with Gasteiger partial charge in [0.15, 0.2) is 0 Å². The van der Waals surface area contributed by atoms with Crippen LogP contribution >= 0.6 is 0 Å². The van der Waals surface area contributed by atoms with Crippen molar-refractivity contribution in [1.29, 1.82) is 0 Å². The molecule has 7 heteroatoms. The number of rotatable bonds is 6. The predicted octanol–water partition coefficient (Wildman–Crippen LogP) is 3.11.